The van der Waals surface area contributed by atoms with Gasteiger partial charge in [0.05, 0.1) is 12.2 Å². The van der Waals surface area contributed by atoms with E-state index >= 15 is 0 Å². The maximum Gasteiger partial charge on any atom is 0.267 e. The summed E-state index contributed by atoms with van der Waals surface area (Å²) in [5, 5.41) is 0. The molecule has 20 heavy (non-hydrogen) atoms. The van der Waals surface area contributed by atoms with Gasteiger partial charge in [-0.15, -0.1) is 0 Å². The molecule has 0 N–H and O–H groups in total. The van der Waals surface area contributed by atoms with Gasteiger partial charge >= 0.3 is 0 Å². The van der Waals surface area contributed by atoms with Crippen molar-refractivity contribution in [2.45, 2.75) is 25.0 Å². The summed E-state index contributed by atoms with van der Waals surface area (Å²) in [6.45, 7) is 4.65. The van der Waals surface area contributed by atoms with Crippen LogP contribution >= 0.6 is 0 Å². The lowest BCUT2D eigenvalue weighted by atomic mass is 10.3. The number of rotatable bonds is 6. The standard InChI is InChI=1S/C13H18N2O4S/c1-3-18-13(19-4-2)9-15-10-14-11-7-5-6-8-12(11)20(15,16)17/h5-8,10,13H,3-4,9H2,1-2H3. The molecule has 1 aromatic carbocycles. The summed E-state index contributed by atoms with van der Waals surface area (Å²) >= 11 is 0. The van der Waals surface area contributed by atoms with E-state index in [0.717, 1.165) is 4.31 Å². The molecular formula is C13H18N2O4S. The zero-order chi connectivity index (χ0) is 14.6. The van der Waals surface area contributed by atoms with Gasteiger partial charge in [-0.2, -0.15) is 0 Å². The number of para-hydroxylation sites is 1. The van der Waals surface area contributed by atoms with Gasteiger partial charge in [0.15, 0.2) is 6.29 Å². The van der Waals surface area contributed by atoms with Crippen molar-refractivity contribution in [2.24, 2.45) is 4.99 Å². The monoisotopic (exact) mass is 298 g/mol. The van der Waals surface area contributed by atoms with Crippen LogP contribution in [0.2, 0.25) is 0 Å². The van der Waals surface area contributed by atoms with E-state index in [2.05, 4.69) is 4.99 Å². The van der Waals surface area contributed by atoms with Crippen LogP contribution in [0.25, 0.3) is 0 Å². The fraction of sp³-hybridized carbons (Fsp3) is 0.462. The Morgan fingerprint density at radius 3 is 2.50 bits per heavy atom. The first-order chi connectivity index (χ1) is 9.59. The van der Waals surface area contributed by atoms with Crippen molar-refractivity contribution in [3.8, 4) is 0 Å². The minimum absolute atomic E-state index is 0.0852. The maximum atomic E-state index is 12.5. The van der Waals surface area contributed by atoms with Gasteiger partial charge in [0.25, 0.3) is 10.0 Å². The zero-order valence-electron chi connectivity index (χ0n) is 11.5. The highest BCUT2D eigenvalue weighted by Gasteiger charge is 2.30. The van der Waals surface area contributed by atoms with Crippen LogP contribution in [0.1, 0.15) is 13.8 Å². The molecule has 1 heterocycles. The first kappa shape index (κ1) is 15.0. The maximum absolute atomic E-state index is 12.5. The average Bonchev–Trinajstić information content (AvgIpc) is 2.43. The molecule has 0 aromatic heterocycles. The Morgan fingerprint density at radius 1 is 1.20 bits per heavy atom. The van der Waals surface area contributed by atoms with Crippen LogP contribution in [0.3, 0.4) is 0 Å². The predicted octanol–water partition coefficient (Wildman–Crippen LogP) is 1.75. The highest BCUT2D eigenvalue weighted by Crippen LogP contribution is 2.29. The Balaban J connectivity index is 2.23. The minimum Gasteiger partial charge on any atom is -0.351 e. The Kier molecular flexibility index (Phi) is 4.74. The molecule has 6 nitrogen and oxygen atoms in total. The molecule has 0 spiro atoms. The molecule has 0 radical (unpaired) electrons. The Bertz CT molecular complexity index is 580. The molecule has 1 aliphatic rings. The van der Waals surface area contributed by atoms with Gasteiger partial charge in [-0.25, -0.2) is 13.4 Å². The molecule has 0 bridgehead atoms. The van der Waals surface area contributed by atoms with Crippen LogP contribution < -0.4 is 0 Å². The van der Waals surface area contributed by atoms with Crippen molar-refractivity contribution >= 4 is 22.0 Å². The molecule has 7 heteroatoms. The molecule has 0 atom stereocenters. The van der Waals surface area contributed by atoms with Crippen LogP contribution in [-0.2, 0) is 19.5 Å². The normalized spacial score (nSPS) is 16.4. The highest BCUT2D eigenvalue weighted by atomic mass is 32.2. The van der Waals surface area contributed by atoms with Crippen molar-refractivity contribution in [2.75, 3.05) is 19.8 Å². The fourth-order valence-electron chi connectivity index (χ4n) is 1.91. The third-order valence-corrected chi connectivity index (χ3v) is 4.57. The van der Waals surface area contributed by atoms with Crippen LogP contribution in [0, 0.1) is 0 Å². The molecule has 0 amide bonds. The van der Waals surface area contributed by atoms with Gasteiger partial charge in [-0.1, -0.05) is 12.1 Å². The molecule has 1 aromatic rings. The first-order valence-electron chi connectivity index (χ1n) is 6.47. The van der Waals surface area contributed by atoms with E-state index in [1.807, 2.05) is 13.8 Å². The van der Waals surface area contributed by atoms with E-state index < -0.39 is 16.3 Å². The summed E-state index contributed by atoms with van der Waals surface area (Å²) in [6.07, 6.45) is 0.708. The lowest BCUT2D eigenvalue weighted by Gasteiger charge is -2.27. The predicted molar refractivity (Wildman–Crippen MR) is 75.5 cm³/mol. The SMILES string of the molecule is CCOC(CN1C=Nc2ccccc2S1(=O)=O)OCC. The summed E-state index contributed by atoms with van der Waals surface area (Å²) in [5.74, 6) is 0. The van der Waals surface area contributed by atoms with Crippen LogP contribution in [0.15, 0.2) is 34.2 Å². The summed E-state index contributed by atoms with van der Waals surface area (Å²) in [6, 6.07) is 6.65. The molecule has 0 fully saturated rings. The van der Waals surface area contributed by atoms with Gasteiger partial charge in [0.2, 0.25) is 0 Å². The van der Waals surface area contributed by atoms with Crippen LogP contribution in [0.4, 0.5) is 5.69 Å². The van der Waals surface area contributed by atoms with Gasteiger partial charge in [0.1, 0.15) is 11.2 Å². The number of aliphatic imine (C=N–C) groups is 1. The number of fused-ring (bicyclic) bond motifs is 1. The fourth-order valence-corrected chi connectivity index (χ4v) is 3.29. The van der Waals surface area contributed by atoms with Gasteiger partial charge < -0.3 is 9.47 Å². The van der Waals surface area contributed by atoms with Gasteiger partial charge in [0, 0.05) is 13.2 Å². The number of sulfonamides is 1. The third-order valence-electron chi connectivity index (χ3n) is 2.81. The molecule has 110 valence electrons. The van der Waals surface area contributed by atoms with Gasteiger partial charge in [-0.3, -0.25) is 4.31 Å². The molecule has 0 saturated carbocycles. The second-order valence-electron chi connectivity index (χ2n) is 4.13. The van der Waals surface area contributed by atoms with E-state index in [1.165, 1.54) is 6.34 Å². The molecule has 1 aliphatic heterocycles. The lowest BCUT2D eigenvalue weighted by molar-refractivity contribution is -0.136. The van der Waals surface area contributed by atoms with E-state index in [9.17, 15) is 8.42 Å². The molecular weight excluding hydrogens is 280 g/mol. The Hall–Kier alpha value is -1.44. The van der Waals surface area contributed by atoms with E-state index in [1.54, 1.807) is 24.3 Å². The lowest BCUT2D eigenvalue weighted by Crippen LogP contribution is -2.40. The van der Waals surface area contributed by atoms with Crippen molar-refractivity contribution < 1.29 is 17.9 Å². The van der Waals surface area contributed by atoms with E-state index in [-0.39, 0.29) is 11.4 Å². The number of hydrogen-bond acceptors (Lipinski definition) is 5. The highest BCUT2D eigenvalue weighted by molar-refractivity contribution is 7.89. The quantitative estimate of drug-likeness (QED) is 0.750. The number of nitrogens with zero attached hydrogens (tertiary/aromatic N) is 2. The number of hydrogen-bond donors (Lipinski definition) is 0. The first-order valence-corrected chi connectivity index (χ1v) is 7.91. The smallest absolute Gasteiger partial charge is 0.267 e. The van der Waals surface area contributed by atoms with Gasteiger partial charge in [-0.05, 0) is 26.0 Å². The van der Waals surface area contributed by atoms with Crippen LogP contribution in [-0.4, -0.2) is 45.1 Å². The largest absolute Gasteiger partial charge is 0.351 e. The third kappa shape index (κ3) is 3.00. The van der Waals surface area contributed by atoms with Crippen molar-refractivity contribution in [3.63, 3.8) is 0 Å². The Labute approximate surface area is 119 Å². The summed E-state index contributed by atoms with van der Waals surface area (Å²) < 4.78 is 36.9. The molecule has 0 unspecified atom stereocenters. The summed E-state index contributed by atoms with van der Waals surface area (Å²) in [7, 11) is -3.59. The summed E-state index contributed by atoms with van der Waals surface area (Å²) in [4.78, 5) is 4.36. The minimum atomic E-state index is -3.59. The van der Waals surface area contributed by atoms with Crippen molar-refractivity contribution in [1.29, 1.82) is 0 Å². The average molecular weight is 298 g/mol. The number of ether oxygens (including phenoxy) is 2. The van der Waals surface area contributed by atoms with Crippen molar-refractivity contribution in [3.05, 3.63) is 24.3 Å². The molecule has 0 aliphatic carbocycles. The Morgan fingerprint density at radius 2 is 1.85 bits per heavy atom. The zero-order valence-corrected chi connectivity index (χ0v) is 12.3. The summed E-state index contributed by atoms with van der Waals surface area (Å²) in [5.41, 5.74) is 0.452. The van der Waals surface area contributed by atoms with E-state index in [4.69, 9.17) is 9.47 Å². The molecule has 0 saturated heterocycles. The topological polar surface area (TPSA) is 68.2 Å². The van der Waals surface area contributed by atoms with Crippen LogP contribution in [0.5, 0.6) is 0 Å². The second kappa shape index (κ2) is 6.34. The number of benzene rings is 1. The second-order valence-corrected chi connectivity index (χ2v) is 5.99. The molecule has 2 rings (SSSR count). The van der Waals surface area contributed by atoms with E-state index in [0.29, 0.717) is 18.9 Å². The van der Waals surface area contributed by atoms with Crippen molar-refractivity contribution in [1.82, 2.24) is 4.31 Å².